The Morgan fingerprint density at radius 1 is 1.18 bits per heavy atom. The zero-order valence-corrected chi connectivity index (χ0v) is 11.4. The highest BCUT2D eigenvalue weighted by Gasteiger charge is 2.36. The molecule has 1 aromatic heterocycles. The van der Waals surface area contributed by atoms with Gasteiger partial charge in [-0.15, -0.1) is 0 Å². The van der Waals surface area contributed by atoms with Crippen LogP contribution in [0.15, 0.2) is 22.7 Å². The van der Waals surface area contributed by atoms with E-state index in [1.807, 2.05) is 0 Å². The predicted molar refractivity (Wildman–Crippen MR) is 67.0 cm³/mol. The van der Waals surface area contributed by atoms with Crippen LogP contribution in [0.25, 0.3) is 11.3 Å². The van der Waals surface area contributed by atoms with E-state index in [0.717, 1.165) is 18.2 Å². The highest BCUT2D eigenvalue weighted by molar-refractivity contribution is 5.86. The van der Waals surface area contributed by atoms with Gasteiger partial charge in [0, 0.05) is 11.6 Å². The van der Waals surface area contributed by atoms with Gasteiger partial charge in [0.25, 0.3) is 0 Å². The highest BCUT2D eigenvalue weighted by Crippen LogP contribution is 2.43. The van der Waals surface area contributed by atoms with E-state index in [4.69, 9.17) is 19.1 Å². The topological polar surface area (TPSA) is 81.8 Å². The van der Waals surface area contributed by atoms with E-state index in [2.05, 4.69) is 5.16 Å². The number of carboxylic acids is 1. The van der Waals surface area contributed by atoms with Crippen molar-refractivity contribution in [3.63, 3.8) is 0 Å². The standard InChI is InChI=1S/C13H10F3NO5/c1-20-10-3-6(9-5-8(12(18)19)17-22-9)7(13(14,15)16)4-11(10)21-2/h3-5H,1-2H3,(H,18,19). The van der Waals surface area contributed by atoms with Crippen LogP contribution in [0.1, 0.15) is 16.1 Å². The second-order valence-corrected chi connectivity index (χ2v) is 4.13. The van der Waals surface area contributed by atoms with Crippen molar-refractivity contribution in [2.24, 2.45) is 0 Å². The number of rotatable bonds is 4. The van der Waals surface area contributed by atoms with E-state index < -0.39 is 29.0 Å². The zero-order chi connectivity index (χ0) is 16.5. The van der Waals surface area contributed by atoms with E-state index in [9.17, 15) is 18.0 Å². The summed E-state index contributed by atoms with van der Waals surface area (Å²) in [7, 11) is 2.46. The van der Waals surface area contributed by atoms with Crippen molar-refractivity contribution in [3.8, 4) is 22.8 Å². The van der Waals surface area contributed by atoms with E-state index in [0.29, 0.717) is 0 Å². The van der Waals surface area contributed by atoms with Crippen molar-refractivity contribution in [2.75, 3.05) is 14.2 Å². The van der Waals surface area contributed by atoms with Gasteiger partial charge in [0.05, 0.1) is 19.8 Å². The van der Waals surface area contributed by atoms with Crippen LogP contribution in [0.5, 0.6) is 11.5 Å². The van der Waals surface area contributed by atoms with Crippen molar-refractivity contribution in [1.82, 2.24) is 5.16 Å². The Kier molecular flexibility index (Phi) is 3.98. The lowest BCUT2D eigenvalue weighted by molar-refractivity contribution is -0.137. The van der Waals surface area contributed by atoms with E-state index in [1.54, 1.807) is 0 Å². The Morgan fingerprint density at radius 3 is 2.23 bits per heavy atom. The normalized spacial score (nSPS) is 11.3. The van der Waals surface area contributed by atoms with Gasteiger partial charge >= 0.3 is 12.1 Å². The molecule has 0 saturated carbocycles. The van der Waals surface area contributed by atoms with Crippen LogP contribution in [0, 0.1) is 0 Å². The summed E-state index contributed by atoms with van der Waals surface area (Å²) in [4.78, 5) is 10.8. The molecule has 22 heavy (non-hydrogen) atoms. The van der Waals surface area contributed by atoms with Gasteiger partial charge < -0.3 is 19.1 Å². The number of carboxylic acid groups (broad SMARTS) is 1. The monoisotopic (exact) mass is 317 g/mol. The molecule has 0 fully saturated rings. The fraction of sp³-hybridized carbons (Fsp3) is 0.231. The van der Waals surface area contributed by atoms with Crippen LogP contribution < -0.4 is 9.47 Å². The van der Waals surface area contributed by atoms with Gasteiger partial charge in [0.2, 0.25) is 0 Å². The van der Waals surface area contributed by atoms with Gasteiger partial charge in [-0.1, -0.05) is 5.16 Å². The van der Waals surface area contributed by atoms with Crippen LogP contribution in [-0.4, -0.2) is 30.5 Å². The van der Waals surface area contributed by atoms with Crippen LogP contribution in [0.3, 0.4) is 0 Å². The first-order valence-corrected chi connectivity index (χ1v) is 5.81. The quantitative estimate of drug-likeness (QED) is 0.933. The number of benzene rings is 1. The number of hydrogen-bond donors (Lipinski definition) is 1. The van der Waals surface area contributed by atoms with Gasteiger partial charge in [-0.25, -0.2) is 4.79 Å². The number of halogens is 3. The molecule has 0 bridgehead atoms. The molecule has 0 amide bonds. The molecule has 1 aromatic carbocycles. The van der Waals surface area contributed by atoms with Gasteiger partial charge in [-0.3, -0.25) is 0 Å². The summed E-state index contributed by atoms with van der Waals surface area (Å²) in [5, 5.41) is 12.0. The number of carbonyl (C=O) groups is 1. The Labute approximate surface area is 122 Å². The number of aromatic carboxylic acids is 1. The first kappa shape index (κ1) is 15.7. The molecule has 0 radical (unpaired) electrons. The third-order valence-electron chi connectivity index (χ3n) is 2.82. The summed E-state index contributed by atoms with van der Waals surface area (Å²) >= 11 is 0. The summed E-state index contributed by atoms with van der Waals surface area (Å²) < 4.78 is 54.0. The molecule has 0 unspecified atom stereocenters. The minimum atomic E-state index is -4.70. The molecule has 0 saturated heterocycles. The number of ether oxygens (including phenoxy) is 2. The molecule has 0 spiro atoms. The van der Waals surface area contributed by atoms with Crippen LogP contribution in [0.4, 0.5) is 13.2 Å². The fourth-order valence-corrected chi connectivity index (χ4v) is 1.82. The molecule has 0 aliphatic rings. The molecular formula is C13H10F3NO5. The molecule has 1 heterocycles. The summed E-state index contributed by atoms with van der Waals surface area (Å²) in [6, 6.07) is 2.70. The fourth-order valence-electron chi connectivity index (χ4n) is 1.82. The number of aromatic nitrogens is 1. The zero-order valence-electron chi connectivity index (χ0n) is 11.4. The maximum atomic E-state index is 13.2. The first-order valence-electron chi connectivity index (χ1n) is 5.81. The SMILES string of the molecule is COc1cc(-c2cc(C(=O)O)no2)c(C(F)(F)F)cc1OC. The number of alkyl halides is 3. The van der Waals surface area contributed by atoms with Crippen molar-refractivity contribution in [2.45, 2.75) is 6.18 Å². The molecule has 0 atom stereocenters. The summed E-state index contributed by atoms with van der Waals surface area (Å²) in [5.74, 6) is -1.83. The Balaban J connectivity index is 2.68. The minimum Gasteiger partial charge on any atom is -0.493 e. The van der Waals surface area contributed by atoms with Crippen LogP contribution in [0.2, 0.25) is 0 Å². The molecule has 6 nitrogen and oxygen atoms in total. The molecule has 2 rings (SSSR count). The molecule has 0 aliphatic carbocycles. The average Bonchev–Trinajstić information content (AvgIpc) is 2.94. The summed E-state index contributed by atoms with van der Waals surface area (Å²) in [6.07, 6.45) is -4.70. The van der Waals surface area contributed by atoms with Crippen LogP contribution in [-0.2, 0) is 6.18 Å². The van der Waals surface area contributed by atoms with E-state index in [1.165, 1.54) is 14.2 Å². The van der Waals surface area contributed by atoms with E-state index in [-0.39, 0.29) is 17.3 Å². The Hall–Kier alpha value is -2.71. The number of nitrogens with zero attached hydrogens (tertiary/aromatic N) is 1. The minimum absolute atomic E-state index is 0.0405. The second-order valence-electron chi connectivity index (χ2n) is 4.13. The Morgan fingerprint density at radius 2 is 1.77 bits per heavy atom. The summed E-state index contributed by atoms with van der Waals surface area (Å²) in [5.41, 5.74) is -1.96. The molecule has 0 aliphatic heterocycles. The molecular weight excluding hydrogens is 307 g/mol. The molecule has 9 heteroatoms. The predicted octanol–water partition coefficient (Wildman–Crippen LogP) is 3.08. The average molecular weight is 317 g/mol. The maximum absolute atomic E-state index is 13.2. The lowest BCUT2D eigenvalue weighted by atomic mass is 10.0. The molecule has 1 N–H and O–H groups in total. The largest absolute Gasteiger partial charge is 0.493 e. The first-order chi connectivity index (χ1) is 10.3. The third-order valence-corrected chi connectivity index (χ3v) is 2.82. The third kappa shape index (κ3) is 2.83. The number of hydrogen-bond acceptors (Lipinski definition) is 5. The van der Waals surface area contributed by atoms with Gasteiger partial charge in [-0.2, -0.15) is 13.2 Å². The Bertz CT molecular complexity index is 708. The van der Waals surface area contributed by atoms with Crippen LogP contribution >= 0.6 is 0 Å². The van der Waals surface area contributed by atoms with Gasteiger partial charge in [-0.05, 0) is 12.1 Å². The van der Waals surface area contributed by atoms with Crippen molar-refractivity contribution in [1.29, 1.82) is 0 Å². The van der Waals surface area contributed by atoms with Crippen molar-refractivity contribution in [3.05, 3.63) is 29.5 Å². The van der Waals surface area contributed by atoms with E-state index >= 15 is 0 Å². The van der Waals surface area contributed by atoms with Gasteiger partial charge in [0.1, 0.15) is 0 Å². The maximum Gasteiger partial charge on any atom is 0.417 e. The van der Waals surface area contributed by atoms with Gasteiger partial charge in [0.15, 0.2) is 23.0 Å². The molecule has 118 valence electrons. The lowest BCUT2D eigenvalue weighted by Crippen LogP contribution is -2.08. The molecule has 2 aromatic rings. The lowest BCUT2D eigenvalue weighted by Gasteiger charge is -2.15. The summed E-state index contributed by atoms with van der Waals surface area (Å²) in [6.45, 7) is 0. The second kappa shape index (κ2) is 5.58. The number of methoxy groups -OCH3 is 2. The van der Waals surface area contributed by atoms with Crippen molar-refractivity contribution < 1.29 is 37.1 Å². The highest BCUT2D eigenvalue weighted by atomic mass is 19.4. The van der Waals surface area contributed by atoms with Crippen molar-refractivity contribution >= 4 is 5.97 Å². The smallest absolute Gasteiger partial charge is 0.417 e.